The molecule has 0 spiro atoms. The smallest absolute Gasteiger partial charge is 0.336 e. The lowest BCUT2D eigenvalue weighted by molar-refractivity contribution is -0.385. The van der Waals surface area contributed by atoms with Gasteiger partial charge in [0.2, 0.25) is 0 Å². The van der Waals surface area contributed by atoms with E-state index in [0.29, 0.717) is 12.1 Å². The third-order valence-electron chi connectivity index (χ3n) is 5.10. The highest BCUT2D eigenvalue weighted by atomic mass is 16.6. The summed E-state index contributed by atoms with van der Waals surface area (Å²) in [5.74, 6) is -5.81. The summed E-state index contributed by atoms with van der Waals surface area (Å²) >= 11 is 0. The molecule has 0 aromatic heterocycles. The number of non-ortho nitro benzene ring substituents is 2. The summed E-state index contributed by atoms with van der Waals surface area (Å²) in [6.45, 7) is 0. The molecular weight excluding hydrogens is 508 g/mol. The number of nitro groups is 2. The first-order chi connectivity index (χ1) is 17.8. The van der Waals surface area contributed by atoms with E-state index >= 15 is 0 Å². The Kier molecular flexibility index (Phi) is 7.18. The van der Waals surface area contributed by atoms with Crippen LogP contribution in [-0.4, -0.2) is 43.8 Å². The van der Waals surface area contributed by atoms with Gasteiger partial charge in [-0.15, -0.1) is 0 Å². The monoisotopic (exact) mass is 524 g/mol. The fourth-order valence-electron chi connectivity index (χ4n) is 3.24. The molecule has 0 fully saturated rings. The number of aromatic carboxylic acids is 2. The number of nitrogens with zero attached hydrogens (tertiary/aromatic N) is 2. The van der Waals surface area contributed by atoms with Crippen molar-refractivity contribution in [1.29, 1.82) is 0 Å². The minimum Gasteiger partial charge on any atom is -0.478 e. The Labute approximate surface area is 210 Å². The van der Waals surface area contributed by atoms with Gasteiger partial charge in [-0.2, -0.15) is 0 Å². The summed E-state index contributed by atoms with van der Waals surface area (Å²) in [7, 11) is 0. The molecule has 0 atom stereocenters. The van der Waals surface area contributed by atoms with Crippen LogP contribution in [0, 0.1) is 20.2 Å². The lowest BCUT2D eigenvalue weighted by Crippen LogP contribution is -2.22. The van der Waals surface area contributed by atoms with Gasteiger partial charge in [0, 0.05) is 24.3 Å². The Morgan fingerprint density at radius 3 is 1.26 bits per heavy atom. The third kappa shape index (κ3) is 5.43. The van der Waals surface area contributed by atoms with Crippen molar-refractivity contribution >= 4 is 57.9 Å². The van der Waals surface area contributed by atoms with Crippen LogP contribution >= 0.6 is 0 Å². The minimum absolute atomic E-state index is 0.107. The van der Waals surface area contributed by atoms with Crippen molar-refractivity contribution in [1.82, 2.24) is 0 Å². The predicted molar refractivity (Wildman–Crippen MR) is 131 cm³/mol. The largest absolute Gasteiger partial charge is 0.478 e. The van der Waals surface area contributed by atoms with Gasteiger partial charge in [-0.3, -0.25) is 29.8 Å². The number of nitrogens with two attached hydrogens (primary N) is 2. The molecule has 38 heavy (non-hydrogen) atoms. The van der Waals surface area contributed by atoms with Crippen LogP contribution in [0.5, 0.6) is 0 Å². The molecule has 3 aromatic carbocycles. The Bertz CT molecular complexity index is 1440. The van der Waals surface area contributed by atoms with Gasteiger partial charge in [-0.1, -0.05) is 0 Å². The fraction of sp³-hybridized carbons (Fsp3) is 0. The molecule has 2 amide bonds. The second kappa shape index (κ2) is 10.3. The van der Waals surface area contributed by atoms with E-state index in [1.165, 1.54) is 0 Å². The molecule has 3 aromatic rings. The van der Waals surface area contributed by atoms with Gasteiger partial charge in [0.25, 0.3) is 23.2 Å². The summed E-state index contributed by atoms with van der Waals surface area (Å²) < 4.78 is 0. The molecule has 16 nitrogen and oxygen atoms in total. The van der Waals surface area contributed by atoms with E-state index < -0.39 is 67.2 Å². The van der Waals surface area contributed by atoms with Crippen LogP contribution in [-0.2, 0) is 0 Å². The maximum atomic E-state index is 12.9. The maximum absolute atomic E-state index is 12.9. The van der Waals surface area contributed by atoms with Crippen molar-refractivity contribution in [2.24, 2.45) is 0 Å². The van der Waals surface area contributed by atoms with Crippen molar-refractivity contribution in [3.8, 4) is 0 Å². The number of amides is 2. The number of rotatable bonds is 8. The van der Waals surface area contributed by atoms with Crippen LogP contribution in [0.3, 0.4) is 0 Å². The molecule has 0 unspecified atom stereocenters. The van der Waals surface area contributed by atoms with Crippen LogP contribution in [0.2, 0.25) is 0 Å². The van der Waals surface area contributed by atoms with Crippen molar-refractivity contribution in [2.75, 3.05) is 22.1 Å². The molecule has 3 rings (SSSR count). The van der Waals surface area contributed by atoms with Crippen molar-refractivity contribution in [3.63, 3.8) is 0 Å². The predicted octanol–water partition coefficient (Wildman–Crippen LogP) is 2.57. The fourth-order valence-corrected chi connectivity index (χ4v) is 3.24. The second-order valence-electron chi connectivity index (χ2n) is 7.52. The van der Waals surface area contributed by atoms with Gasteiger partial charge in [0.1, 0.15) is 0 Å². The number of nitrogens with one attached hydrogen (secondary N) is 2. The summed E-state index contributed by atoms with van der Waals surface area (Å²) in [5.41, 5.74) is 6.85. The van der Waals surface area contributed by atoms with E-state index in [1.54, 1.807) is 0 Å². The molecule has 0 radical (unpaired) electrons. The molecule has 194 valence electrons. The zero-order valence-electron chi connectivity index (χ0n) is 18.8. The van der Waals surface area contributed by atoms with Crippen LogP contribution in [0.15, 0.2) is 48.5 Å². The van der Waals surface area contributed by atoms with Gasteiger partial charge in [0.05, 0.1) is 54.8 Å². The third-order valence-corrected chi connectivity index (χ3v) is 5.10. The number of anilines is 4. The number of carboxylic acids is 2. The van der Waals surface area contributed by atoms with E-state index in [-0.39, 0.29) is 22.7 Å². The summed E-state index contributed by atoms with van der Waals surface area (Å²) in [5, 5.41) is 45.7. The standard InChI is InChI=1S/C22H16N6O10/c23-15-3-1-9(27(35)36)5-17(15)25-19(29)11-7-14(22(33)34)12(8-13(11)21(31)32)20(30)26-18-6-10(28(37)38)2-4-16(18)24/h1-8H,23-24H2,(H,25,29)(H,26,30)(H,31,32)(H,33,34). The molecule has 8 N–H and O–H groups in total. The first-order valence-electron chi connectivity index (χ1n) is 10.1. The average molecular weight is 524 g/mol. The van der Waals surface area contributed by atoms with Crippen LogP contribution < -0.4 is 22.1 Å². The topological polar surface area (TPSA) is 271 Å². The number of carbonyl (C=O) groups excluding carboxylic acids is 2. The Morgan fingerprint density at radius 1 is 0.632 bits per heavy atom. The SMILES string of the molecule is Nc1ccc([N+](=O)[O-])cc1NC(=O)c1cc(C(=O)O)c(C(=O)Nc2cc([N+](=O)[O-])ccc2N)cc1C(=O)O. The van der Waals surface area contributed by atoms with E-state index in [1.807, 2.05) is 0 Å². The molecule has 0 bridgehead atoms. The highest BCUT2D eigenvalue weighted by Gasteiger charge is 2.27. The molecular formula is C22H16N6O10. The number of carboxylic acid groups (broad SMARTS) is 2. The van der Waals surface area contributed by atoms with Crippen molar-refractivity contribution < 1.29 is 39.2 Å². The van der Waals surface area contributed by atoms with E-state index in [0.717, 1.165) is 36.4 Å². The zero-order valence-corrected chi connectivity index (χ0v) is 18.8. The quantitative estimate of drug-likeness (QED) is 0.141. The van der Waals surface area contributed by atoms with Crippen molar-refractivity contribution in [2.45, 2.75) is 0 Å². The molecule has 0 heterocycles. The van der Waals surface area contributed by atoms with Crippen molar-refractivity contribution in [3.05, 3.63) is 91.0 Å². The van der Waals surface area contributed by atoms with Gasteiger partial charge < -0.3 is 32.3 Å². The molecule has 0 aliphatic heterocycles. The van der Waals surface area contributed by atoms with Crippen LogP contribution in [0.1, 0.15) is 41.4 Å². The van der Waals surface area contributed by atoms with Gasteiger partial charge in [-0.05, 0) is 24.3 Å². The molecule has 0 saturated carbocycles. The Hall–Kier alpha value is -6.06. The highest BCUT2D eigenvalue weighted by molar-refractivity contribution is 6.17. The van der Waals surface area contributed by atoms with Gasteiger partial charge >= 0.3 is 11.9 Å². The summed E-state index contributed by atoms with van der Waals surface area (Å²) in [4.78, 5) is 70.1. The van der Waals surface area contributed by atoms with Gasteiger partial charge in [-0.25, -0.2) is 9.59 Å². The first-order valence-corrected chi connectivity index (χ1v) is 10.1. The second-order valence-corrected chi connectivity index (χ2v) is 7.52. The lowest BCUT2D eigenvalue weighted by Gasteiger charge is -2.14. The first kappa shape index (κ1) is 26.5. The molecule has 16 heteroatoms. The van der Waals surface area contributed by atoms with Gasteiger partial charge in [0.15, 0.2) is 0 Å². The Morgan fingerprint density at radius 2 is 0.974 bits per heavy atom. The van der Waals surface area contributed by atoms with Crippen LogP contribution in [0.25, 0.3) is 0 Å². The number of benzene rings is 3. The minimum atomic E-state index is -1.72. The van der Waals surface area contributed by atoms with E-state index in [9.17, 15) is 49.6 Å². The number of hydrogen-bond donors (Lipinski definition) is 6. The number of hydrogen-bond acceptors (Lipinski definition) is 10. The number of carbonyl (C=O) groups is 4. The maximum Gasteiger partial charge on any atom is 0.336 e. The normalized spacial score (nSPS) is 10.3. The van der Waals surface area contributed by atoms with Crippen LogP contribution in [0.4, 0.5) is 34.1 Å². The molecule has 0 saturated heterocycles. The number of nitro benzene ring substituents is 2. The van der Waals surface area contributed by atoms with E-state index in [2.05, 4.69) is 10.6 Å². The number of nitrogen functional groups attached to an aromatic ring is 2. The Balaban J connectivity index is 2.07. The summed E-state index contributed by atoms with van der Waals surface area (Å²) in [6, 6.07) is 7.47. The average Bonchev–Trinajstić information content (AvgIpc) is 2.85. The highest BCUT2D eigenvalue weighted by Crippen LogP contribution is 2.28. The zero-order chi connectivity index (χ0) is 28.3. The molecule has 0 aliphatic carbocycles. The molecule has 0 aliphatic rings. The lowest BCUT2D eigenvalue weighted by atomic mass is 9.96. The summed E-state index contributed by atoms with van der Waals surface area (Å²) in [6.07, 6.45) is 0. The van der Waals surface area contributed by atoms with E-state index in [4.69, 9.17) is 11.5 Å².